The lowest BCUT2D eigenvalue weighted by Crippen LogP contribution is -2.48. The fraction of sp³-hybridized carbons (Fsp3) is 0.312. The van der Waals surface area contributed by atoms with E-state index in [2.05, 4.69) is 11.0 Å². The molecule has 3 rings (SSSR count). The van der Waals surface area contributed by atoms with E-state index in [4.69, 9.17) is 5.11 Å². The Morgan fingerprint density at radius 2 is 1.88 bits per heavy atom. The molecule has 0 bridgehead atoms. The molecule has 1 N–H and O–H groups in total. The van der Waals surface area contributed by atoms with Crippen LogP contribution in [0.3, 0.4) is 0 Å². The van der Waals surface area contributed by atoms with Crippen molar-refractivity contribution in [3.8, 4) is 0 Å². The molecule has 6 nitrogen and oxygen atoms in total. The largest absolute Gasteiger partial charge is 0.477 e. The third-order valence-electron chi connectivity index (χ3n) is 4.03. The van der Waals surface area contributed by atoms with E-state index in [1.54, 1.807) is 0 Å². The van der Waals surface area contributed by atoms with Gasteiger partial charge in [-0.1, -0.05) is 12.1 Å². The monoisotopic (exact) mass is 366 g/mol. The summed E-state index contributed by atoms with van der Waals surface area (Å²) in [5, 5.41) is 10.3. The summed E-state index contributed by atoms with van der Waals surface area (Å²) < 4.78 is 26.7. The van der Waals surface area contributed by atoms with Crippen LogP contribution in [0.5, 0.6) is 0 Å². The highest BCUT2D eigenvalue weighted by Gasteiger charge is 2.30. The van der Waals surface area contributed by atoms with Crippen molar-refractivity contribution in [2.75, 3.05) is 31.1 Å². The third-order valence-corrected chi connectivity index (χ3v) is 6.97. The highest BCUT2D eigenvalue weighted by atomic mass is 32.2. The topological polar surface area (TPSA) is 77.9 Å². The SMILES string of the molecule is Cc1cccc(N2CCN(S(=O)(=O)c3csc(C(=O)O)c3)CC2)c1. The normalized spacial score (nSPS) is 16.3. The first-order chi connectivity index (χ1) is 11.4. The maximum absolute atomic E-state index is 12.6. The van der Waals surface area contributed by atoms with E-state index < -0.39 is 16.0 Å². The number of carboxylic acids is 1. The lowest BCUT2D eigenvalue weighted by Gasteiger charge is -2.35. The molecule has 1 aromatic carbocycles. The summed E-state index contributed by atoms with van der Waals surface area (Å²) in [6, 6.07) is 9.36. The van der Waals surface area contributed by atoms with Crippen LogP contribution >= 0.6 is 11.3 Å². The predicted octanol–water partition coefficient (Wildman–Crippen LogP) is 2.27. The number of thiophene rings is 1. The Hall–Kier alpha value is -1.90. The number of sulfonamides is 1. The second-order valence-electron chi connectivity index (χ2n) is 5.68. The number of hydrogen-bond acceptors (Lipinski definition) is 5. The first kappa shape index (κ1) is 16.9. The highest BCUT2D eigenvalue weighted by Crippen LogP contribution is 2.25. The fourth-order valence-electron chi connectivity index (χ4n) is 2.73. The van der Waals surface area contributed by atoms with Gasteiger partial charge in [-0.3, -0.25) is 0 Å². The van der Waals surface area contributed by atoms with Crippen molar-refractivity contribution in [3.05, 3.63) is 46.2 Å². The van der Waals surface area contributed by atoms with Crippen LogP contribution in [0.15, 0.2) is 40.6 Å². The number of aromatic carboxylic acids is 1. The molecule has 2 heterocycles. The van der Waals surface area contributed by atoms with Gasteiger partial charge >= 0.3 is 5.97 Å². The summed E-state index contributed by atoms with van der Waals surface area (Å²) in [5.74, 6) is -1.11. The summed E-state index contributed by atoms with van der Waals surface area (Å²) >= 11 is 0.932. The zero-order valence-electron chi connectivity index (χ0n) is 13.2. The molecule has 1 fully saturated rings. The summed E-state index contributed by atoms with van der Waals surface area (Å²) in [6.45, 7) is 4.01. The molecule has 0 saturated carbocycles. The second-order valence-corrected chi connectivity index (χ2v) is 8.53. The van der Waals surface area contributed by atoms with Crippen LogP contribution in [0.1, 0.15) is 15.2 Å². The average Bonchev–Trinajstić information content (AvgIpc) is 3.06. The van der Waals surface area contributed by atoms with Gasteiger partial charge in [-0.15, -0.1) is 11.3 Å². The van der Waals surface area contributed by atoms with Gasteiger partial charge in [0.25, 0.3) is 0 Å². The van der Waals surface area contributed by atoms with Crippen LogP contribution in [0.2, 0.25) is 0 Å². The minimum Gasteiger partial charge on any atom is -0.477 e. The lowest BCUT2D eigenvalue weighted by atomic mass is 10.2. The minimum absolute atomic E-state index is 0.0342. The second kappa shape index (κ2) is 6.54. The van der Waals surface area contributed by atoms with Gasteiger partial charge in [0.1, 0.15) is 4.88 Å². The Morgan fingerprint density at radius 1 is 1.17 bits per heavy atom. The van der Waals surface area contributed by atoms with E-state index in [0.29, 0.717) is 26.2 Å². The Bertz CT molecular complexity index is 852. The molecule has 2 aromatic rings. The molecule has 128 valence electrons. The molecule has 1 aliphatic heterocycles. The number of piperazine rings is 1. The van der Waals surface area contributed by atoms with Crippen molar-refractivity contribution in [2.24, 2.45) is 0 Å². The molecule has 0 spiro atoms. The number of aryl methyl sites for hydroxylation is 1. The summed E-state index contributed by atoms with van der Waals surface area (Å²) in [4.78, 5) is 13.2. The molecule has 24 heavy (non-hydrogen) atoms. The Kier molecular flexibility index (Phi) is 4.62. The van der Waals surface area contributed by atoms with E-state index in [1.807, 2.05) is 25.1 Å². The van der Waals surface area contributed by atoms with Crippen molar-refractivity contribution in [1.29, 1.82) is 0 Å². The first-order valence-corrected chi connectivity index (χ1v) is 9.83. The number of anilines is 1. The molecule has 1 aromatic heterocycles. The number of carboxylic acid groups (broad SMARTS) is 1. The van der Waals surface area contributed by atoms with Crippen LogP contribution in [0.4, 0.5) is 5.69 Å². The molecule has 0 aliphatic carbocycles. The quantitative estimate of drug-likeness (QED) is 0.898. The van der Waals surface area contributed by atoms with Gasteiger partial charge in [0.2, 0.25) is 10.0 Å². The van der Waals surface area contributed by atoms with Gasteiger partial charge in [-0.2, -0.15) is 4.31 Å². The standard InChI is InChI=1S/C16H18N2O4S2/c1-12-3-2-4-13(9-12)17-5-7-18(8-6-17)24(21,22)14-10-15(16(19)20)23-11-14/h2-4,9-11H,5-8H2,1H3,(H,19,20). The highest BCUT2D eigenvalue weighted by molar-refractivity contribution is 7.89. The molecule has 0 radical (unpaired) electrons. The predicted molar refractivity (Wildman–Crippen MR) is 93.4 cm³/mol. The van der Waals surface area contributed by atoms with Crippen LogP contribution < -0.4 is 4.90 Å². The van der Waals surface area contributed by atoms with Crippen molar-refractivity contribution >= 4 is 33.0 Å². The Labute approximate surface area is 145 Å². The van der Waals surface area contributed by atoms with Gasteiger partial charge in [-0.25, -0.2) is 13.2 Å². The van der Waals surface area contributed by atoms with Gasteiger partial charge in [0.15, 0.2) is 0 Å². The van der Waals surface area contributed by atoms with Crippen LogP contribution in [-0.2, 0) is 10.0 Å². The summed E-state index contributed by atoms with van der Waals surface area (Å²) in [7, 11) is -3.63. The third kappa shape index (κ3) is 3.31. The average molecular weight is 366 g/mol. The first-order valence-electron chi connectivity index (χ1n) is 7.51. The molecule has 8 heteroatoms. The van der Waals surface area contributed by atoms with E-state index in [1.165, 1.54) is 21.3 Å². The molecule has 0 unspecified atom stereocenters. The Morgan fingerprint density at radius 3 is 2.46 bits per heavy atom. The smallest absolute Gasteiger partial charge is 0.345 e. The number of benzene rings is 1. The van der Waals surface area contributed by atoms with Crippen molar-refractivity contribution in [3.63, 3.8) is 0 Å². The number of hydrogen-bond donors (Lipinski definition) is 1. The van der Waals surface area contributed by atoms with Gasteiger partial charge in [-0.05, 0) is 30.7 Å². The Balaban J connectivity index is 1.72. The molecular weight excluding hydrogens is 348 g/mol. The van der Waals surface area contributed by atoms with Gasteiger partial charge < -0.3 is 10.0 Å². The molecule has 0 amide bonds. The zero-order chi connectivity index (χ0) is 17.3. The molecule has 1 saturated heterocycles. The molecule has 0 atom stereocenters. The van der Waals surface area contributed by atoms with Gasteiger partial charge in [0.05, 0.1) is 4.90 Å². The number of carbonyl (C=O) groups is 1. The van der Waals surface area contributed by atoms with E-state index in [9.17, 15) is 13.2 Å². The maximum Gasteiger partial charge on any atom is 0.345 e. The lowest BCUT2D eigenvalue weighted by molar-refractivity contribution is 0.0702. The number of rotatable bonds is 4. The minimum atomic E-state index is -3.63. The maximum atomic E-state index is 12.6. The molecule has 1 aliphatic rings. The van der Waals surface area contributed by atoms with Crippen molar-refractivity contribution < 1.29 is 18.3 Å². The molecular formula is C16H18N2O4S2. The van der Waals surface area contributed by atoms with E-state index in [0.717, 1.165) is 17.0 Å². The van der Waals surface area contributed by atoms with Crippen molar-refractivity contribution in [2.45, 2.75) is 11.8 Å². The van der Waals surface area contributed by atoms with Crippen LogP contribution in [0, 0.1) is 6.92 Å². The van der Waals surface area contributed by atoms with Crippen LogP contribution in [-0.4, -0.2) is 50.0 Å². The van der Waals surface area contributed by atoms with E-state index >= 15 is 0 Å². The summed E-state index contributed by atoms with van der Waals surface area (Å²) in [6.07, 6.45) is 0. The number of nitrogens with zero attached hydrogens (tertiary/aromatic N) is 2. The van der Waals surface area contributed by atoms with E-state index in [-0.39, 0.29) is 9.77 Å². The summed E-state index contributed by atoms with van der Waals surface area (Å²) in [5.41, 5.74) is 2.26. The fourth-order valence-corrected chi connectivity index (χ4v) is 5.25. The van der Waals surface area contributed by atoms with Crippen molar-refractivity contribution in [1.82, 2.24) is 4.31 Å². The van der Waals surface area contributed by atoms with Crippen LogP contribution in [0.25, 0.3) is 0 Å². The van der Waals surface area contributed by atoms with Gasteiger partial charge in [0, 0.05) is 37.2 Å². The zero-order valence-corrected chi connectivity index (χ0v) is 14.8.